The molecule has 0 aliphatic heterocycles. The van der Waals surface area contributed by atoms with Crippen molar-refractivity contribution in [2.24, 2.45) is 5.92 Å². The van der Waals surface area contributed by atoms with E-state index in [4.69, 9.17) is 0 Å². The van der Waals surface area contributed by atoms with Crippen molar-refractivity contribution in [2.45, 2.75) is 44.7 Å². The van der Waals surface area contributed by atoms with E-state index >= 15 is 0 Å². The summed E-state index contributed by atoms with van der Waals surface area (Å²) in [6.07, 6.45) is 0.249. The predicted molar refractivity (Wildman–Crippen MR) is 61.8 cm³/mol. The van der Waals surface area contributed by atoms with Crippen molar-refractivity contribution in [3.8, 4) is 0 Å². The van der Waals surface area contributed by atoms with Gasteiger partial charge in [0, 0.05) is 0 Å². The largest absolute Gasteiger partial charge is 0.416 e. The van der Waals surface area contributed by atoms with Crippen LogP contribution in [-0.4, -0.2) is 0 Å². The topological polar surface area (TPSA) is 0 Å². The fourth-order valence-electron chi connectivity index (χ4n) is 2.76. The summed E-state index contributed by atoms with van der Waals surface area (Å²) in [6, 6.07) is 5.84. The van der Waals surface area contributed by atoms with Gasteiger partial charge in [-0.25, -0.2) is 0 Å². The van der Waals surface area contributed by atoms with Crippen molar-refractivity contribution in [3.63, 3.8) is 0 Å². The standard InChI is InChI=1S/C14H17F3/c1-10-5-2-3-8-13(10)11-6-4-7-12(9-11)14(15,16)17/h4,6-7,9-10,13H,2-3,5,8H2,1H3. The highest BCUT2D eigenvalue weighted by Gasteiger charge is 2.31. The molecule has 94 valence electrons. The van der Waals surface area contributed by atoms with Crippen LogP contribution in [0.15, 0.2) is 24.3 Å². The zero-order chi connectivity index (χ0) is 12.5. The molecule has 1 aromatic carbocycles. The Morgan fingerprint density at radius 1 is 1.12 bits per heavy atom. The van der Waals surface area contributed by atoms with Crippen LogP contribution in [0, 0.1) is 5.92 Å². The Bertz CT molecular complexity index is 381. The van der Waals surface area contributed by atoms with Crippen LogP contribution in [0.2, 0.25) is 0 Å². The highest BCUT2D eigenvalue weighted by atomic mass is 19.4. The van der Waals surface area contributed by atoms with Crippen LogP contribution in [0.5, 0.6) is 0 Å². The van der Waals surface area contributed by atoms with Crippen LogP contribution in [0.4, 0.5) is 13.2 Å². The number of hydrogen-bond donors (Lipinski definition) is 0. The Kier molecular flexibility index (Phi) is 3.45. The Morgan fingerprint density at radius 2 is 1.82 bits per heavy atom. The maximum atomic E-state index is 12.6. The fourth-order valence-corrected chi connectivity index (χ4v) is 2.76. The summed E-state index contributed by atoms with van der Waals surface area (Å²) in [7, 11) is 0. The first-order valence-corrected chi connectivity index (χ1v) is 6.15. The van der Waals surface area contributed by atoms with E-state index in [1.165, 1.54) is 18.6 Å². The van der Waals surface area contributed by atoms with Crippen molar-refractivity contribution in [1.29, 1.82) is 0 Å². The number of alkyl halides is 3. The molecule has 0 N–H and O–H groups in total. The smallest absolute Gasteiger partial charge is 0.166 e. The quantitative estimate of drug-likeness (QED) is 0.650. The van der Waals surface area contributed by atoms with Gasteiger partial charge in [0.05, 0.1) is 5.56 Å². The van der Waals surface area contributed by atoms with Gasteiger partial charge in [-0.05, 0) is 29.9 Å². The second-order valence-electron chi connectivity index (χ2n) is 4.99. The average Bonchev–Trinajstić information content (AvgIpc) is 2.29. The molecule has 0 amide bonds. The van der Waals surface area contributed by atoms with Gasteiger partial charge in [0.1, 0.15) is 0 Å². The number of rotatable bonds is 1. The second-order valence-corrected chi connectivity index (χ2v) is 4.99. The highest BCUT2D eigenvalue weighted by molar-refractivity contribution is 5.29. The molecule has 17 heavy (non-hydrogen) atoms. The second kappa shape index (κ2) is 4.71. The lowest BCUT2D eigenvalue weighted by Gasteiger charge is -2.29. The summed E-state index contributed by atoms with van der Waals surface area (Å²) in [5, 5.41) is 0. The third-order valence-corrected chi connectivity index (χ3v) is 3.75. The van der Waals surface area contributed by atoms with Crippen LogP contribution >= 0.6 is 0 Å². The number of halogens is 3. The Morgan fingerprint density at radius 3 is 2.47 bits per heavy atom. The molecule has 1 aliphatic carbocycles. The molecule has 3 heteroatoms. The first-order chi connectivity index (χ1) is 7.98. The van der Waals surface area contributed by atoms with Crippen molar-refractivity contribution in [2.75, 3.05) is 0 Å². The average molecular weight is 242 g/mol. The summed E-state index contributed by atoms with van der Waals surface area (Å²) < 4.78 is 37.9. The van der Waals surface area contributed by atoms with Crippen LogP contribution in [-0.2, 0) is 6.18 Å². The van der Waals surface area contributed by atoms with E-state index in [0.29, 0.717) is 11.8 Å². The first-order valence-electron chi connectivity index (χ1n) is 6.15. The number of hydrogen-bond acceptors (Lipinski definition) is 0. The van der Waals surface area contributed by atoms with Crippen LogP contribution in [0.25, 0.3) is 0 Å². The van der Waals surface area contributed by atoms with Gasteiger partial charge in [-0.2, -0.15) is 13.2 Å². The minimum atomic E-state index is -4.23. The zero-order valence-corrected chi connectivity index (χ0v) is 9.93. The summed E-state index contributed by atoms with van der Waals surface area (Å²) in [5.41, 5.74) is 0.333. The molecular weight excluding hydrogens is 225 g/mol. The van der Waals surface area contributed by atoms with Gasteiger partial charge >= 0.3 is 6.18 Å². The summed E-state index contributed by atoms with van der Waals surface area (Å²) in [6.45, 7) is 2.14. The van der Waals surface area contributed by atoms with Gasteiger partial charge in [-0.3, -0.25) is 0 Å². The molecular formula is C14H17F3. The molecule has 2 atom stereocenters. The summed E-state index contributed by atoms with van der Waals surface area (Å²) >= 11 is 0. The fraction of sp³-hybridized carbons (Fsp3) is 0.571. The van der Waals surface area contributed by atoms with Gasteiger partial charge in [0.25, 0.3) is 0 Å². The predicted octanol–water partition coefficient (Wildman–Crippen LogP) is 5.00. The van der Waals surface area contributed by atoms with Gasteiger partial charge in [-0.15, -0.1) is 0 Å². The van der Waals surface area contributed by atoms with Crippen molar-refractivity contribution < 1.29 is 13.2 Å². The van der Waals surface area contributed by atoms with Gasteiger partial charge in [0.2, 0.25) is 0 Å². The molecule has 1 saturated carbocycles. The van der Waals surface area contributed by atoms with Gasteiger partial charge in [-0.1, -0.05) is 44.4 Å². The van der Waals surface area contributed by atoms with E-state index in [-0.39, 0.29) is 0 Å². The minimum absolute atomic E-state index is 0.297. The minimum Gasteiger partial charge on any atom is -0.166 e. The Balaban J connectivity index is 2.26. The molecule has 0 nitrogen and oxygen atoms in total. The van der Waals surface area contributed by atoms with Crippen molar-refractivity contribution in [1.82, 2.24) is 0 Å². The molecule has 0 spiro atoms. The molecule has 1 aromatic rings. The lowest BCUT2D eigenvalue weighted by atomic mass is 9.76. The van der Waals surface area contributed by atoms with E-state index < -0.39 is 11.7 Å². The SMILES string of the molecule is CC1CCCCC1c1cccc(C(F)(F)F)c1. The maximum absolute atomic E-state index is 12.6. The molecule has 0 heterocycles. The van der Waals surface area contributed by atoms with Crippen molar-refractivity contribution in [3.05, 3.63) is 35.4 Å². The lowest BCUT2D eigenvalue weighted by molar-refractivity contribution is -0.137. The molecule has 2 rings (SSSR count). The molecule has 0 saturated heterocycles. The lowest BCUT2D eigenvalue weighted by Crippen LogP contribution is -2.15. The Labute approximate surface area is 99.8 Å². The van der Waals surface area contributed by atoms with Crippen LogP contribution in [0.1, 0.15) is 49.7 Å². The third kappa shape index (κ3) is 2.82. The van der Waals surface area contributed by atoms with E-state index in [0.717, 1.165) is 30.9 Å². The third-order valence-electron chi connectivity index (χ3n) is 3.75. The van der Waals surface area contributed by atoms with Gasteiger partial charge in [0.15, 0.2) is 0 Å². The molecule has 0 aromatic heterocycles. The molecule has 1 aliphatic rings. The van der Waals surface area contributed by atoms with E-state index in [1.807, 2.05) is 6.07 Å². The molecule has 0 radical (unpaired) electrons. The zero-order valence-electron chi connectivity index (χ0n) is 9.93. The van der Waals surface area contributed by atoms with Crippen LogP contribution < -0.4 is 0 Å². The molecule has 2 unspecified atom stereocenters. The van der Waals surface area contributed by atoms with Gasteiger partial charge < -0.3 is 0 Å². The first kappa shape index (κ1) is 12.5. The normalized spacial score (nSPS) is 25.9. The van der Waals surface area contributed by atoms with E-state index in [1.54, 1.807) is 0 Å². The Hall–Kier alpha value is -0.990. The summed E-state index contributed by atoms with van der Waals surface area (Å²) in [4.78, 5) is 0. The highest BCUT2D eigenvalue weighted by Crippen LogP contribution is 2.39. The molecule has 1 fully saturated rings. The maximum Gasteiger partial charge on any atom is 0.416 e. The van der Waals surface area contributed by atoms with Crippen LogP contribution in [0.3, 0.4) is 0 Å². The summed E-state index contributed by atoms with van der Waals surface area (Å²) in [5.74, 6) is 0.790. The monoisotopic (exact) mass is 242 g/mol. The van der Waals surface area contributed by atoms with E-state index in [2.05, 4.69) is 6.92 Å². The van der Waals surface area contributed by atoms with Crippen molar-refractivity contribution >= 4 is 0 Å². The number of benzene rings is 1. The molecule has 0 bridgehead atoms. The van der Waals surface area contributed by atoms with E-state index in [9.17, 15) is 13.2 Å².